The van der Waals surface area contributed by atoms with Gasteiger partial charge in [0.15, 0.2) is 0 Å². The van der Waals surface area contributed by atoms with Gasteiger partial charge in [-0.15, -0.1) is 11.3 Å². The van der Waals surface area contributed by atoms with E-state index in [-0.39, 0.29) is 6.04 Å². The minimum absolute atomic E-state index is 0.130. The highest BCUT2D eigenvalue weighted by Crippen LogP contribution is 2.26. The average Bonchev–Trinajstić information content (AvgIpc) is 2.95. The molecule has 6 heteroatoms. The third kappa shape index (κ3) is 2.99. The molecule has 2 aromatic rings. The Labute approximate surface area is 122 Å². The second-order valence-corrected chi connectivity index (χ2v) is 5.92. The molecule has 0 aliphatic heterocycles. The molecule has 0 spiro atoms. The molecule has 19 heavy (non-hydrogen) atoms. The van der Waals surface area contributed by atoms with Gasteiger partial charge < -0.3 is 5.73 Å². The Morgan fingerprint density at radius 3 is 2.74 bits per heavy atom. The van der Waals surface area contributed by atoms with E-state index in [0.717, 1.165) is 40.1 Å². The van der Waals surface area contributed by atoms with Crippen LogP contribution in [0.1, 0.15) is 42.0 Å². The first-order chi connectivity index (χ1) is 9.06. The van der Waals surface area contributed by atoms with Crippen LogP contribution in [0, 0.1) is 6.92 Å². The molecule has 1 atom stereocenters. The molecular weight excluding hydrogens is 280 g/mol. The summed E-state index contributed by atoms with van der Waals surface area (Å²) in [6.45, 7) is 6.91. The topological polar surface area (TPSA) is 56.7 Å². The Hall–Kier alpha value is -0.910. The number of hydrogen-bond acceptors (Lipinski definition) is 4. The van der Waals surface area contributed by atoms with Crippen LogP contribution in [0.25, 0.3) is 0 Å². The van der Waals surface area contributed by atoms with Crippen LogP contribution in [0.4, 0.5) is 0 Å². The van der Waals surface area contributed by atoms with Crippen LogP contribution >= 0.6 is 22.9 Å². The molecule has 0 radical (unpaired) electrons. The van der Waals surface area contributed by atoms with E-state index in [9.17, 15) is 0 Å². The molecule has 2 heterocycles. The maximum atomic E-state index is 6.39. The monoisotopic (exact) mass is 298 g/mol. The molecule has 0 fully saturated rings. The van der Waals surface area contributed by atoms with Crippen molar-refractivity contribution in [3.05, 3.63) is 32.5 Å². The van der Waals surface area contributed by atoms with Crippen molar-refractivity contribution >= 4 is 22.9 Å². The van der Waals surface area contributed by atoms with Gasteiger partial charge in [-0.3, -0.25) is 4.68 Å². The Bertz CT molecular complexity index is 561. The first-order valence-corrected chi connectivity index (χ1v) is 7.74. The molecule has 0 aromatic carbocycles. The first kappa shape index (κ1) is 14.5. The zero-order valence-corrected chi connectivity index (χ0v) is 13.1. The fourth-order valence-corrected chi connectivity index (χ4v) is 3.10. The van der Waals surface area contributed by atoms with Crippen LogP contribution < -0.4 is 5.73 Å². The van der Waals surface area contributed by atoms with Gasteiger partial charge in [0.1, 0.15) is 0 Å². The lowest BCUT2D eigenvalue weighted by atomic mass is 10.1. The van der Waals surface area contributed by atoms with E-state index in [2.05, 4.69) is 23.9 Å². The van der Waals surface area contributed by atoms with E-state index in [0.29, 0.717) is 6.42 Å². The summed E-state index contributed by atoms with van der Waals surface area (Å²) in [5.74, 6) is 0. The summed E-state index contributed by atoms with van der Waals surface area (Å²) < 4.78 is 1.94. The summed E-state index contributed by atoms with van der Waals surface area (Å²) in [5, 5.41) is 8.32. The van der Waals surface area contributed by atoms with Gasteiger partial charge in [0.25, 0.3) is 0 Å². The Morgan fingerprint density at radius 1 is 1.47 bits per heavy atom. The first-order valence-electron chi connectivity index (χ1n) is 6.48. The third-order valence-corrected chi connectivity index (χ3v) is 4.35. The Morgan fingerprint density at radius 2 is 2.21 bits per heavy atom. The normalized spacial score (nSPS) is 12.9. The minimum atomic E-state index is -0.130. The summed E-state index contributed by atoms with van der Waals surface area (Å²) >= 11 is 8.01. The number of nitrogens with zero attached hydrogens (tertiary/aromatic N) is 3. The van der Waals surface area contributed by atoms with Crippen molar-refractivity contribution in [3.8, 4) is 0 Å². The van der Waals surface area contributed by atoms with Crippen molar-refractivity contribution in [1.82, 2.24) is 14.8 Å². The zero-order chi connectivity index (χ0) is 14.0. The van der Waals surface area contributed by atoms with Gasteiger partial charge in [0, 0.05) is 18.3 Å². The van der Waals surface area contributed by atoms with Crippen LogP contribution in [0.2, 0.25) is 5.02 Å². The standard InChI is InChI=1S/C13H19ClN4S/c1-4-10-13(14)12(18(5-2)17-10)6-9(15)11-7-19-8(3)16-11/h7,9H,4-6,15H2,1-3H3. The Kier molecular flexibility index (Phi) is 4.60. The molecule has 2 N–H and O–H groups in total. The quantitative estimate of drug-likeness (QED) is 0.922. The van der Waals surface area contributed by atoms with Gasteiger partial charge in [-0.05, 0) is 20.3 Å². The molecule has 2 rings (SSSR count). The summed E-state index contributed by atoms with van der Waals surface area (Å²) in [4.78, 5) is 4.44. The number of aromatic nitrogens is 3. The highest BCUT2D eigenvalue weighted by Gasteiger charge is 2.19. The molecule has 0 aliphatic carbocycles. The maximum absolute atomic E-state index is 6.39. The predicted octanol–water partition coefficient (Wildman–Crippen LogP) is 3.13. The highest BCUT2D eigenvalue weighted by atomic mass is 35.5. The molecule has 1 unspecified atom stereocenters. The second kappa shape index (κ2) is 6.03. The number of nitrogens with two attached hydrogens (primary N) is 1. The zero-order valence-electron chi connectivity index (χ0n) is 11.5. The molecule has 4 nitrogen and oxygen atoms in total. The lowest BCUT2D eigenvalue weighted by molar-refractivity contribution is 0.581. The molecule has 0 saturated carbocycles. The third-order valence-electron chi connectivity index (χ3n) is 3.12. The van der Waals surface area contributed by atoms with Gasteiger partial charge in [-0.2, -0.15) is 5.10 Å². The molecular formula is C13H19ClN4S. The largest absolute Gasteiger partial charge is 0.322 e. The SMILES string of the molecule is CCc1nn(CC)c(CC(N)c2csc(C)n2)c1Cl. The van der Waals surface area contributed by atoms with Crippen LogP contribution in [-0.4, -0.2) is 14.8 Å². The van der Waals surface area contributed by atoms with Gasteiger partial charge in [0.2, 0.25) is 0 Å². The summed E-state index contributed by atoms with van der Waals surface area (Å²) in [6, 6.07) is -0.130. The number of halogens is 1. The summed E-state index contributed by atoms with van der Waals surface area (Å²) in [7, 11) is 0. The smallest absolute Gasteiger partial charge is 0.0898 e. The van der Waals surface area contributed by atoms with E-state index in [1.165, 1.54) is 0 Å². The van der Waals surface area contributed by atoms with Crippen molar-refractivity contribution in [3.63, 3.8) is 0 Å². The second-order valence-electron chi connectivity index (χ2n) is 4.48. The van der Waals surface area contributed by atoms with Gasteiger partial charge in [-0.25, -0.2) is 4.98 Å². The predicted molar refractivity (Wildman–Crippen MR) is 79.8 cm³/mol. The number of rotatable bonds is 5. The maximum Gasteiger partial charge on any atom is 0.0898 e. The summed E-state index contributed by atoms with van der Waals surface area (Å²) in [6.07, 6.45) is 1.51. The van der Waals surface area contributed by atoms with Crippen LogP contribution in [0.15, 0.2) is 5.38 Å². The van der Waals surface area contributed by atoms with Crippen molar-refractivity contribution in [2.45, 2.75) is 46.2 Å². The van der Waals surface area contributed by atoms with Crippen molar-refractivity contribution in [2.24, 2.45) is 5.73 Å². The average molecular weight is 299 g/mol. The fraction of sp³-hybridized carbons (Fsp3) is 0.538. The van der Waals surface area contributed by atoms with E-state index in [1.807, 2.05) is 17.0 Å². The number of aryl methyl sites for hydroxylation is 3. The van der Waals surface area contributed by atoms with Crippen molar-refractivity contribution in [2.75, 3.05) is 0 Å². The van der Waals surface area contributed by atoms with Crippen molar-refractivity contribution < 1.29 is 0 Å². The Balaban J connectivity index is 2.25. The summed E-state index contributed by atoms with van der Waals surface area (Å²) in [5.41, 5.74) is 9.12. The van der Waals surface area contributed by atoms with Crippen LogP contribution in [-0.2, 0) is 19.4 Å². The van der Waals surface area contributed by atoms with E-state index in [1.54, 1.807) is 11.3 Å². The van der Waals surface area contributed by atoms with Crippen molar-refractivity contribution in [1.29, 1.82) is 0 Å². The van der Waals surface area contributed by atoms with Gasteiger partial charge in [0.05, 0.1) is 33.2 Å². The molecule has 104 valence electrons. The number of thiazole rings is 1. The lowest BCUT2D eigenvalue weighted by Gasteiger charge is -2.10. The van der Waals surface area contributed by atoms with Gasteiger partial charge in [-0.1, -0.05) is 18.5 Å². The molecule has 0 bridgehead atoms. The van der Waals surface area contributed by atoms with Gasteiger partial charge >= 0.3 is 0 Å². The molecule has 0 amide bonds. The molecule has 0 saturated heterocycles. The van der Waals surface area contributed by atoms with E-state index in [4.69, 9.17) is 17.3 Å². The van der Waals surface area contributed by atoms with E-state index < -0.39 is 0 Å². The van der Waals surface area contributed by atoms with Crippen LogP contribution in [0.5, 0.6) is 0 Å². The fourth-order valence-electron chi connectivity index (χ4n) is 2.08. The molecule has 0 aliphatic rings. The molecule has 2 aromatic heterocycles. The number of hydrogen-bond donors (Lipinski definition) is 1. The lowest BCUT2D eigenvalue weighted by Crippen LogP contribution is -2.16. The van der Waals surface area contributed by atoms with Crippen LogP contribution in [0.3, 0.4) is 0 Å². The van der Waals surface area contributed by atoms with E-state index >= 15 is 0 Å². The minimum Gasteiger partial charge on any atom is -0.322 e. The highest BCUT2D eigenvalue weighted by molar-refractivity contribution is 7.09.